The molecule has 0 aliphatic heterocycles. The highest BCUT2D eigenvalue weighted by Gasteiger charge is 2.16. The SMILES string of the molecule is CCOc1cc(-c2ccc(OC)c(OC)c2)cc(=Nc2cccc(C)c2)c2c(C)oc(C)c12. The third kappa shape index (κ3) is 4.44. The van der Waals surface area contributed by atoms with Crippen LogP contribution in [0.3, 0.4) is 0 Å². The molecule has 0 saturated carbocycles. The van der Waals surface area contributed by atoms with Crippen LogP contribution in [0.2, 0.25) is 0 Å². The van der Waals surface area contributed by atoms with E-state index in [2.05, 4.69) is 25.1 Å². The number of methoxy groups -OCH3 is 2. The molecule has 0 N–H and O–H groups in total. The van der Waals surface area contributed by atoms with Crippen molar-refractivity contribution in [3.63, 3.8) is 0 Å². The number of benzene rings is 2. The number of furan rings is 1. The van der Waals surface area contributed by atoms with E-state index in [1.54, 1.807) is 14.2 Å². The molecule has 0 bridgehead atoms. The van der Waals surface area contributed by atoms with Crippen LogP contribution < -0.4 is 19.6 Å². The minimum absolute atomic E-state index is 0.540. The highest BCUT2D eigenvalue weighted by Crippen LogP contribution is 2.36. The van der Waals surface area contributed by atoms with E-state index < -0.39 is 0 Å². The van der Waals surface area contributed by atoms with Crippen molar-refractivity contribution in [3.8, 4) is 28.4 Å². The summed E-state index contributed by atoms with van der Waals surface area (Å²) in [5, 5.41) is 2.71. The summed E-state index contributed by atoms with van der Waals surface area (Å²) in [6.07, 6.45) is 0. The standard InChI is InChI=1S/C28H29NO4/c1-7-32-26-16-21(20-11-12-24(30-5)25(15-20)31-6)14-23(27-18(3)33-19(4)28(26)27)29-22-10-8-9-17(2)13-22/h8-16H,7H2,1-6H3. The van der Waals surface area contributed by atoms with Gasteiger partial charge in [0.05, 0.1) is 42.6 Å². The van der Waals surface area contributed by atoms with Crippen LogP contribution in [0.4, 0.5) is 5.69 Å². The molecule has 0 unspecified atom stereocenters. The quantitative estimate of drug-likeness (QED) is 0.334. The second kappa shape index (κ2) is 9.41. The summed E-state index contributed by atoms with van der Waals surface area (Å²) in [6, 6.07) is 18.2. The lowest BCUT2D eigenvalue weighted by atomic mass is 10.1. The average molecular weight is 444 g/mol. The van der Waals surface area contributed by atoms with Crippen LogP contribution in [0.25, 0.3) is 21.9 Å². The van der Waals surface area contributed by atoms with Crippen LogP contribution in [0.1, 0.15) is 24.0 Å². The molecule has 0 fully saturated rings. The van der Waals surface area contributed by atoms with E-state index in [0.29, 0.717) is 18.1 Å². The maximum atomic E-state index is 6.10. The Hall–Kier alpha value is -3.73. The lowest BCUT2D eigenvalue weighted by molar-refractivity contribution is 0.344. The van der Waals surface area contributed by atoms with E-state index in [-0.39, 0.29) is 0 Å². The molecule has 0 atom stereocenters. The Morgan fingerprint density at radius 1 is 0.758 bits per heavy atom. The van der Waals surface area contributed by atoms with Gasteiger partial charge in [0, 0.05) is 0 Å². The third-order valence-electron chi connectivity index (χ3n) is 5.61. The third-order valence-corrected chi connectivity index (χ3v) is 5.61. The van der Waals surface area contributed by atoms with Crippen LogP contribution in [-0.2, 0) is 0 Å². The van der Waals surface area contributed by atoms with Crippen molar-refractivity contribution in [3.05, 3.63) is 77.0 Å². The van der Waals surface area contributed by atoms with Gasteiger partial charge in [0.15, 0.2) is 11.5 Å². The van der Waals surface area contributed by atoms with Crippen molar-refractivity contribution >= 4 is 16.5 Å². The molecule has 0 aliphatic rings. The Labute approximate surface area is 194 Å². The second-order valence-electron chi connectivity index (χ2n) is 7.91. The molecular weight excluding hydrogens is 414 g/mol. The molecule has 5 nitrogen and oxygen atoms in total. The van der Waals surface area contributed by atoms with Gasteiger partial charge in [-0.05, 0) is 80.8 Å². The van der Waals surface area contributed by atoms with Gasteiger partial charge in [-0.25, -0.2) is 4.99 Å². The van der Waals surface area contributed by atoms with Gasteiger partial charge in [-0.15, -0.1) is 0 Å². The van der Waals surface area contributed by atoms with Crippen molar-refractivity contribution in [1.82, 2.24) is 0 Å². The molecule has 0 amide bonds. The topological polar surface area (TPSA) is 53.2 Å². The molecule has 0 radical (unpaired) electrons. The zero-order valence-electron chi connectivity index (χ0n) is 20.0. The molecule has 0 aliphatic carbocycles. The van der Waals surface area contributed by atoms with Crippen molar-refractivity contribution in [2.24, 2.45) is 4.99 Å². The van der Waals surface area contributed by atoms with Gasteiger partial charge in [0.25, 0.3) is 0 Å². The average Bonchev–Trinajstić information content (AvgIpc) is 3.00. The lowest BCUT2D eigenvalue weighted by Gasteiger charge is -2.09. The van der Waals surface area contributed by atoms with E-state index >= 15 is 0 Å². The summed E-state index contributed by atoms with van der Waals surface area (Å²) in [7, 11) is 3.27. The first kappa shape index (κ1) is 22.5. The zero-order chi connectivity index (χ0) is 23.5. The van der Waals surface area contributed by atoms with E-state index in [9.17, 15) is 0 Å². The molecule has 3 aromatic carbocycles. The van der Waals surface area contributed by atoms with Crippen molar-refractivity contribution in [2.45, 2.75) is 27.7 Å². The number of hydrogen-bond donors (Lipinski definition) is 0. The Bertz CT molecular complexity index is 1390. The fraction of sp³-hybridized carbons (Fsp3) is 0.250. The van der Waals surface area contributed by atoms with Gasteiger partial charge in [0.1, 0.15) is 17.3 Å². The second-order valence-corrected chi connectivity index (χ2v) is 7.91. The predicted molar refractivity (Wildman–Crippen MR) is 132 cm³/mol. The van der Waals surface area contributed by atoms with Gasteiger partial charge >= 0.3 is 0 Å². The molecule has 0 spiro atoms. The van der Waals surface area contributed by atoms with E-state index in [1.807, 2.05) is 57.2 Å². The summed E-state index contributed by atoms with van der Waals surface area (Å²) in [5.41, 5.74) is 3.97. The Morgan fingerprint density at radius 3 is 2.18 bits per heavy atom. The number of ether oxygens (including phenoxy) is 3. The Balaban J connectivity index is 2.11. The highest BCUT2D eigenvalue weighted by atomic mass is 16.5. The highest BCUT2D eigenvalue weighted by molar-refractivity contribution is 5.93. The number of aryl methyl sites for hydroxylation is 3. The van der Waals surface area contributed by atoms with Crippen LogP contribution >= 0.6 is 0 Å². The predicted octanol–water partition coefficient (Wildman–Crippen LogP) is 6.67. The van der Waals surface area contributed by atoms with Crippen molar-refractivity contribution < 1.29 is 18.6 Å². The van der Waals surface area contributed by atoms with Crippen LogP contribution in [0.15, 0.2) is 64.0 Å². The summed E-state index contributed by atoms with van der Waals surface area (Å²) < 4.78 is 23.1. The number of nitrogens with zero attached hydrogens (tertiary/aromatic N) is 1. The zero-order valence-corrected chi connectivity index (χ0v) is 20.0. The molecule has 4 rings (SSSR count). The number of fused-ring (bicyclic) bond motifs is 1. The van der Waals surface area contributed by atoms with Gasteiger partial charge < -0.3 is 18.6 Å². The summed E-state index contributed by atoms with van der Waals surface area (Å²) in [4.78, 5) is 5.04. The molecular formula is C28H29NO4. The van der Waals surface area contributed by atoms with Gasteiger partial charge in [0.2, 0.25) is 0 Å². The van der Waals surface area contributed by atoms with E-state index in [0.717, 1.165) is 55.8 Å². The normalized spacial score (nSPS) is 11.6. The summed E-state index contributed by atoms with van der Waals surface area (Å²) >= 11 is 0. The van der Waals surface area contributed by atoms with Crippen molar-refractivity contribution in [1.29, 1.82) is 0 Å². The largest absolute Gasteiger partial charge is 0.493 e. The minimum Gasteiger partial charge on any atom is -0.493 e. The minimum atomic E-state index is 0.540. The first-order valence-electron chi connectivity index (χ1n) is 11.0. The maximum Gasteiger partial charge on any atom is 0.161 e. The monoisotopic (exact) mass is 443 g/mol. The molecule has 1 heterocycles. The molecule has 5 heteroatoms. The smallest absolute Gasteiger partial charge is 0.161 e. The number of hydrogen-bond acceptors (Lipinski definition) is 5. The van der Waals surface area contributed by atoms with Crippen molar-refractivity contribution in [2.75, 3.05) is 20.8 Å². The molecule has 33 heavy (non-hydrogen) atoms. The molecule has 170 valence electrons. The summed E-state index contributed by atoms with van der Waals surface area (Å²) in [5.74, 6) is 3.72. The van der Waals surface area contributed by atoms with Gasteiger partial charge in [-0.2, -0.15) is 0 Å². The Kier molecular flexibility index (Phi) is 6.40. The van der Waals surface area contributed by atoms with E-state index in [4.69, 9.17) is 23.6 Å². The van der Waals surface area contributed by atoms with Gasteiger partial charge in [-0.1, -0.05) is 18.2 Å². The first-order valence-corrected chi connectivity index (χ1v) is 11.0. The lowest BCUT2D eigenvalue weighted by Crippen LogP contribution is -2.00. The number of rotatable bonds is 6. The molecule has 1 aromatic heterocycles. The Morgan fingerprint density at radius 2 is 1.48 bits per heavy atom. The molecule has 4 aromatic rings. The first-order chi connectivity index (χ1) is 15.9. The van der Waals surface area contributed by atoms with E-state index in [1.165, 1.54) is 0 Å². The van der Waals surface area contributed by atoms with Gasteiger partial charge in [-0.3, -0.25) is 0 Å². The van der Waals surface area contributed by atoms with Crippen LogP contribution in [0, 0.1) is 20.8 Å². The summed E-state index contributed by atoms with van der Waals surface area (Å²) in [6.45, 7) is 8.52. The van der Waals surface area contributed by atoms with Crippen LogP contribution in [0.5, 0.6) is 17.2 Å². The molecule has 0 saturated heterocycles. The maximum absolute atomic E-state index is 6.10. The van der Waals surface area contributed by atoms with Crippen LogP contribution in [-0.4, -0.2) is 20.8 Å². The fourth-order valence-electron chi connectivity index (χ4n) is 4.14. The fourth-order valence-corrected chi connectivity index (χ4v) is 4.14.